The zero-order valence-electron chi connectivity index (χ0n) is 18.6. The minimum atomic E-state index is -0.889. The maximum absolute atomic E-state index is 12.6. The van der Waals surface area contributed by atoms with Gasteiger partial charge in [-0.3, -0.25) is 9.59 Å². The molecule has 1 atom stereocenters. The summed E-state index contributed by atoms with van der Waals surface area (Å²) in [5, 5.41) is 2.97. The van der Waals surface area contributed by atoms with Crippen LogP contribution in [0.1, 0.15) is 78.1 Å². The zero-order chi connectivity index (χ0) is 23.1. The van der Waals surface area contributed by atoms with Gasteiger partial charge in [0.2, 0.25) is 0 Å². The molecule has 1 aliphatic rings. The Morgan fingerprint density at radius 3 is 2.28 bits per heavy atom. The van der Waals surface area contributed by atoms with Crippen LogP contribution in [0.5, 0.6) is 0 Å². The lowest BCUT2D eigenvalue weighted by atomic mass is 9.84. The van der Waals surface area contributed by atoms with Gasteiger partial charge in [-0.15, -0.1) is 0 Å². The standard InChI is InChI=1S/C26H30ClNO4/c1-17(2)24(28-25(30)21-10-6-7-11-22(21)27)26(31)32-16-23(29)20-14-12-19(13-15-20)18-8-4-3-5-9-18/h6-7,10-15,17-18,24H,3-5,8-9,16H2,1-2H3,(H,28,30)/t24-/m0/s1. The van der Waals surface area contributed by atoms with E-state index in [-0.39, 0.29) is 23.9 Å². The number of rotatable bonds is 8. The molecule has 0 spiro atoms. The molecule has 32 heavy (non-hydrogen) atoms. The summed E-state index contributed by atoms with van der Waals surface area (Å²) in [6.07, 6.45) is 6.20. The Morgan fingerprint density at radius 2 is 1.66 bits per heavy atom. The summed E-state index contributed by atoms with van der Waals surface area (Å²) in [5.74, 6) is -1.03. The zero-order valence-corrected chi connectivity index (χ0v) is 19.4. The Morgan fingerprint density at radius 1 is 1.00 bits per heavy atom. The fourth-order valence-corrected chi connectivity index (χ4v) is 4.27. The predicted molar refractivity (Wildman–Crippen MR) is 125 cm³/mol. The molecule has 1 saturated carbocycles. The summed E-state index contributed by atoms with van der Waals surface area (Å²) in [5.41, 5.74) is 2.06. The van der Waals surface area contributed by atoms with Crippen LogP contribution in [0.2, 0.25) is 5.02 Å². The molecule has 2 aromatic rings. The van der Waals surface area contributed by atoms with E-state index in [9.17, 15) is 14.4 Å². The van der Waals surface area contributed by atoms with Gasteiger partial charge in [0.15, 0.2) is 12.4 Å². The van der Waals surface area contributed by atoms with E-state index in [0.717, 1.165) is 0 Å². The Bertz CT molecular complexity index is 949. The molecule has 6 heteroatoms. The SMILES string of the molecule is CC(C)[C@H](NC(=O)c1ccccc1Cl)C(=O)OCC(=O)c1ccc(C2CCCCC2)cc1. The number of carbonyl (C=O) groups excluding carboxylic acids is 3. The highest BCUT2D eigenvalue weighted by Crippen LogP contribution is 2.32. The quantitative estimate of drug-likeness (QED) is 0.417. The molecule has 170 valence electrons. The fraction of sp³-hybridized carbons (Fsp3) is 0.423. The third-order valence-electron chi connectivity index (χ3n) is 5.98. The molecular weight excluding hydrogens is 426 g/mol. The number of ether oxygens (including phenoxy) is 1. The number of hydrogen-bond acceptors (Lipinski definition) is 4. The molecule has 0 heterocycles. The molecule has 0 aliphatic heterocycles. The van der Waals surface area contributed by atoms with E-state index < -0.39 is 17.9 Å². The van der Waals surface area contributed by atoms with Crippen molar-refractivity contribution >= 4 is 29.3 Å². The van der Waals surface area contributed by atoms with Crippen LogP contribution in [0.25, 0.3) is 0 Å². The molecule has 5 nitrogen and oxygen atoms in total. The van der Waals surface area contributed by atoms with Crippen LogP contribution in [0.15, 0.2) is 48.5 Å². The number of ketones is 1. The van der Waals surface area contributed by atoms with Gasteiger partial charge in [-0.25, -0.2) is 4.79 Å². The molecule has 1 aliphatic carbocycles. The second kappa shape index (κ2) is 11.3. The number of Topliss-reactive ketones (excluding diaryl/α,β-unsaturated/α-hetero) is 1. The Hall–Kier alpha value is -2.66. The van der Waals surface area contributed by atoms with Crippen molar-refractivity contribution in [2.24, 2.45) is 5.92 Å². The van der Waals surface area contributed by atoms with Crippen molar-refractivity contribution in [1.29, 1.82) is 0 Å². The molecule has 1 fully saturated rings. The monoisotopic (exact) mass is 455 g/mol. The fourth-order valence-electron chi connectivity index (χ4n) is 4.05. The van der Waals surface area contributed by atoms with Crippen molar-refractivity contribution < 1.29 is 19.1 Å². The molecular formula is C26H30ClNO4. The summed E-state index contributed by atoms with van der Waals surface area (Å²) in [6.45, 7) is 3.22. The Labute approximate surface area is 194 Å². The first-order valence-electron chi connectivity index (χ1n) is 11.2. The van der Waals surface area contributed by atoms with Crippen molar-refractivity contribution in [1.82, 2.24) is 5.32 Å². The first kappa shape index (κ1) is 24.0. The number of carbonyl (C=O) groups is 3. The van der Waals surface area contributed by atoms with E-state index in [1.165, 1.54) is 37.7 Å². The predicted octanol–water partition coefficient (Wildman–Crippen LogP) is 5.57. The van der Waals surface area contributed by atoms with Gasteiger partial charge in [0.25, 0.3) is 5.91 Å². The number of benzene rings is 2. The smallest absolute Gasteiger partial charge is 0.329 e. The molecule has 0 bridgehead atoms. The van der Waals surface area contributed by atoms with Gasteiger partial charge in [-0.2, -0.15) is 0 Å². The van der Waals surface area contributed by atoms with Crippen LogP contribution in [-0.4, -0.2) is 30.3 Å². The molecule has 2 aromatic carbocycles. The van der Waals surface area contributed by atoms with Crippen LogP contribution in [0.4, 0.5) is 0 Å². The van der Waals surface area contributed by atoms with Gasteiger partial charge < -0.3 is 10.1 Å². The summed E-state index contributed by atoms with van der Waals surface area (Å²) >= 11 is 6.07. The Balaban J connectivity index is 1.56. The van der Waals surface area contributed by atoms with E-state index in [2.05, 4.69) is 5.32 Å². The van der Waals surface area contributed by atoms with Crippen molar-refractivity contribution in [3.8, 4) is 0 Å². The van der Waals surface area contributed by atoms with Crippen LogP contribution >= 0.6 is 11.6 Å². The maximum atomic E-state index is 12.6. The third kappa shape index (κ3) is 6.19. The van der Waals surface area contributed by atoms with Crippen molar-refractivity contribution in [3.63, 3.8) is 0 Å². The van der Waals surface area contributed by atoms with Gasteiger partial charge in [0, 0.05) is 5.56 Å². The Kier molecular flexibility index (Phi) is 8.46. The average Bonchev–Trinajstić information content (AvgIpc) is 2.81. The minimum absolute atomic E-state index is 0.223. The van der Waals surface area contributed by atoms with Crippen LogP contribution in [0, 0.1) is 5.92 Å². The summed E-state index contributed by atoms with van der Waals surface area (Å²) in [6, 6.07) is 13.3. The second-order valence-corrected chi connectivity index (χ2v) is 9.07. The van der Waals surface area contributed by atoms with Crippen LogP contribution in [-0.2, 0) is 9.53 Å². The highest BCUT2D eigenvalue weighted by atomic mass is 35.5. The molecule has 3 rings (SSSR count). The first-order chi connectivity index (χ1) is 15.4. The average molecular weight is 456 g/mol. The summed E-state index contributed by atoms with van der Waals surface area (Å²) in [4.78, 5) is 37.7. The largest absolute Gasteiger partial charge is 0.456 e. The lowest BCUT2D eigenvalue weighted by molar-refractivity contribution is -0.145. The molecule has 0 aromatic heterocycles. The number of halogens is 1. The minimum Gasteiger partial charge on any atom is -0.456 e. The van der Waals surface area contributed by atoms with Crippen LogP contribution in [0.3, 0.4) is 0 Å². The first-order valence-corrected chi connectivity index (χ1v) is 11.6. The van der Waals surface area contributed by atoms with E-state index in [1.54, 1.807) is 50.2 Å². The van der Waals surface area contributed by atoms with Gasteiger partial charge in [0.1, 0.15) is 6.04 Å². The van der Waals surface area contributed by atoms with Crippen molar-refractivity contribution in [2.45, 2.75) is 57.9 Å². The number of hydrogen-bond donors (Lipinski definition) is 1. The van der Waals surface area contributed by atoms with E-state index in [1.807, 2.05) is 12.1 Å². The highest BCUT2D eigenvalue weighted by Gasteiger charge is 2.27. The summed E-state index contributed by atoms with van der Waals surface area (Å²) in [7, 11) is 0. The topological polar surface area (TPSA) is 72.5 Å². The number of amides is 1. The summed E-state index contributed by atoms with van der Waals surface area (Å²) < 4.78 is 5.26. The van der Waals surface area contributed by atoms with E-state index in [4.69, 9.17) is 16.3 Å². The molecule has 1 amide bonds. The van der Waals surface area contributed by atoms with Gasteiger partial charge in [0.05, 0.1) is 10.6 Å². The third-order valence-corrected chi connectivity index (χ3v) is 6.31. The maximum Gasteiger partial charge on any atom is 0.329 e. The lowest BCUT2D eigenvalue weighted by Crippen LogP contribution is -2.45. The lowest BCUT2D eigenvalue weighted by Gasteiger charge is -2.22. The van der Waals surface area contributed by atoms with Gasteiger partial charge in [-0.1, -0.05) is 81.1 Å². The van der Waals surface area contributed by atoms with E-state index in [0.29, 0.717) is 16.5 Å². The molecule has 0 unspecified atom stereocenters. The van der Waals surface area contributed by atoms with Gasteiger partial charge in [-0.05, 0) is 42.4 Å². The molecule has 0 saturated heterocycles. The number of nitrogens with one attached hydrogen (secondary N) is 1. The van der Waals surface area contributed by atoms with Crippen molar-refractivity contribution in [3.05, 3.63) is 70.2 Å². The van der Waals surface area contributed by atoms with Crippen molar-refractivity contribution in [2.75, 3.05) is 6.61 Å². The normalized spacial score (nSPS) is 15.2. The van der Waals surface area contributed by atoms with Crippen LogP contribution < -0.4 is 5.32 Å². The van der Waals surface area contributed by atoms with E-state index >= 15 is 0 Å². The molecule has 0 radical (unpaired) electrons. The second-order valence-electron chi connectivity index (χ2n) is 8.66. The molecule has 1 N–H and O–H groups in total. The highest BCUT2D eigenvalue weighted by molar-refractivity contribution is 6.33. The van der Waals surface area contributed by atoms with Gasteiger partial charge >= 0.3 is 5.97 Å². The number of esters is 1.